The molecule has 0 spiro atoms. The molecule has 0 bridgehead atoms. The van der Waals surface area contributed by atoms with E-state index in [0.29, 0.717) is 6.04 Å². The Hall–Kier alpha value is -2.16. The van der Waals surface area contributed by atoms with Crippen LogP contribution in [0.25, 0.3) is 10.8 Å². The van der Waals surface area contributed by atoms with E-state index in [0.717, 1.165) is 25.1 Å². The molecule has 1 unspecified atom stereocenters. The topological polar surface area (TPSA) is 23.5 Å². The van der Waals surface area contributed by atoms with Crippen LogP contribution in [0.1, 0.15) is 43.1 Å². The summed E-state index contributed by atoms with van der Waals surface area (Å²) in [6, 6.07) is 23.5. The summed E-state index contributed by atoms with van der Waals surface area (Å²) < 4.78 is 0. The molecule has 0 aliphatic heterocycles. The van der Waals surface area contributed by atoms with Gasteiger partial charge in [0, 0.05) is 19.1 Å². The van der Waals surface area contributed by atoms with E-state index in [2.05, 4.69) is 74.2 Å². The zero-order valence-electron chi connectivity index (χ0n) is 16.0. The van der Waals surface area contributed by atoms with Gasteiger partial charge in [-0.1, -0.05) is 60.7 Å². The molecule has 2 heteroatoms. The predicted molar refractivity (Wildman–Crippen MR) is 110 cm³/mol. The van der Waals surface area contributed by atoms with Gasteiger partial charge in [0.1, 0.15) is 0 Å². The number of aliphatic hydroxyl groups excluding tert-OH is 1. The van der Waals surface area contributed by atoms with Gasteiger partial charge in [0.15, 0.2) is 0 Å². The number of benzene rings is 3. The van der Waals surface area contributed by atoms with Gasteiger partial charge in [0.2, 0.25) is 0 Å². The Labute approximate surface area is 157 Å². The summed E-state index contributed by atoms with van der Waals surface area (Å²) in [7, 11) is 0. The third kappa shape index (κ3) is 4.51. The number of rotatable bonds is 7. The van der Waals surface area contributed by atoms with Gasteiger partial charge in [-0.05, 0) is 60.7 Å². The van der Waals surface area contributed by atoms with Gasteiger partial charge in [0.05, 0.1) is 6.10 Å². The molecule has 0 heterocycles. The smallest absolute Gasteiger partial charge is 0.0802 e. The van der Waals surface area contributed by atoms with Crippen molar-refractivity contribution in [2.75, 3.05) is 6.54 Å². The van der Waals surface area contributed by atoms with Crippen molar-refractivity contribution < 1.29 is 5.11 Å². The van der Waals surface area contributed by atoms with E-state index in [1.54, 1.807) is 0 Å². The van der Waals surface area contributed by atoms with Gasteiger partial charge in [0.25, 0.3) is 0 Å². The quantitative estimate of drug-likeness (QED) is 0.611. The Balaban J connectivity index is 1.67. The molecule has 0 aromatic heterocycles. The minimum Gasteiger partial charge on any atom is -0.388 e. The predicted octanol–water partition coefficient (Wildman–Crippen LogP) is 5.48. The molecule has 0 amide bonds. The Morgan fingerprint density at radius 1 is 0.885 bits per heavy atom. The second-order valence-electron chi connectivity index (χ2n) is 7.40. The van der Waals surface area contributed by atoms with Gasteiger partial charge in [-0.3, -0.25) is 4.90 Å². The first-order valence-electron chi connectivity index (χ1n) is 9.50. The molecule has 0 fully saturated rings. The normalized spacial score (nSPS) is 12.8. The van der Waals surface area contributed by atoms with E-state index in [1.165, 1.54) is 21.9 Å². The average Bonchev–Trinajstić information content (AvgIpc) is 2.65. The Bertz CT molecular complexity index is 855. The van der Waals surface area contributed by atoms with E-state index >= 15 is 0 Å². The second kappa shape index (κ2) is 8.48. The minimum atomic E-state index is -0.433. The molecule has 26 heavy (non-hydrogen) atoms. The van der Waals surface area contributed by atoms with Crippen LogP contribution >= 0.6 is 0 Å². The third-order valence-corrected chi connectivity index (χ3v) is 5.21. The SMILES string of the molecule is Cc1ccccc1CN(CCC(O)c1ccc2ccccc2c1)C(C)C. The number of nitrogens with zero attached hydrogens (tertiary/aromatic N) is 1. The van der Waals surface area contributed by atoms with Crippen LogP contribution in [0.4, 0.5) is 0 Å². The third-order valence-electron chi connectivity index (χ3n) is 5.21. The van der Waals surface area contributed by atoms with Crippen molar-refractivity contribution in [1.29, 1.82) is 0 Å². The fraction of sp³-hybridized carbons (Fsp3) is 0.333. The summed E-state index contributed by atoms with van der Waals surface area (Å²) in [5, 5.41) is 13.1. The van der Waals surface area contributed by atoms with Crippen LogP contribution in [0.5, 0.6) is 0 Å². The van der Waals surface area contributed by atoms with Gasteiger partial charge in [-0.15, -0.1) is 0 Å². The van der Waals surface area contributed by atoms with Crippen molar-refractivity contribution in [3.8, 4) is 0 Å². The maximum absolute atomic E-state index is 10.7. The van der Waals surface area contributed by atoms with Crippen molar-refractivity contribution in [3.05, 3.63) is 83.4 Å². The summed E-state index contributed by atoms with van der Waals surface area (Å²) in [5.41, 5.74) is 3.69. The Morgan fingerprint density at radius 3 is 2.31 bits per heavy atom. The van der Waals surface area contributed by atoms with Crippen molar-refractivity contribution in [2.24, 2.45) is 0 Å². The van der Waals surface area contributed by atoms with Gasteiger partial charge in [-0.25, -0.2) is 0 Å². The Kier molecular flexibility index (Phi) is 6.08. The van der Waals surface area contributed by atoms with E-state index in [4.69, 9.17) is 0 Å². The average molecular weight is 348 g/mol. The molecule has 0 saturated heterocycles. The zero-order valence-corrected chi connectivity index (χ0v) is 16.0. The highest BCUT2D eigenvalue weighted by atomic mass is 16.3. The largest absolute Gasteiger partial charge is 0.388 e. The number of aryl methyl sites for hydroxylation is 1. The van der Waals surface area contributed by atoms with Crippen molar-refractivity contribution in [1.82, 2.24) is 4.90 Å². The number of aliphatic hydroxyl groups is 1. The molecule has 3 rings (SSSR count). The van der Waals surface area contributed by atoms with E-state index in [-0.39, 0.29) is 0 Å². The number of hydrogen-bond donors (Lipinski definition) is 1. The summed E-state index contributed by atoms with van der Waals surface area (Å²) in [6.45, 7) is 8.41. The van der Waals surface area contributed by atoms with Crippen LogP contribution in [-0.2, 0) is 6.54 Å². The lowest BCUT2D eigenvalue weighted by Crippen LogP contribution is -2.32. The first-order chi connectivity index (χ1) is 12.5. The van der Waals surface area contributed by atoms with Crippen molar-refractivity contribution >= 4 is 10.8 Å². The molecular formula is C24H29NO. The molecule has 0 saturated carbocycles. The van der Waals surface area contributed by atoms with E-state index in [1.807, 2.05) is 18.2 Å². The summed E-state index contributed by atoms with van der Waals surface area (Å²) in [4.78, 5) is 2.44. The van der Waals surface area contributed by atoms with E-state index in [9.17, 15) is 5.11 Å². The van der Waals surface area contributed by atoms with E-state index < -0.39 is 6.10 Å². The fourth-order valence-corrected chi connectivity index (χ4v) is 3.40. The fourth-order valence-electron chi connectivity index (χ4n) is 3.40. The van der Waals surface area contributed by atoms with Crippen LogP contribution < -0.4 is 0 Å². The molecule has 3 aromatic rings. The van der Waals surface area contributed by atoms with Gasteiger partial charge >= 0.3 is 0 Å². The molecule has 3 aromatic carbocycles. The number of hydrogen-bond acceptors (Lipinski definition) is 2. The molecule has 2 nitrogen and oxygen atoms in total. The molecule has 1 N–H and O–H groups in total. The standard InChI is InChI=1S/C24H29NO/c1-18(2)25(17-23-11-5-4-8-19(23)3)15-14-24(26)22-13-12-20-9-6-7-10-21(20)16-22/h4-13,16,18,24,26H,14-15,17H2,1-3H3. The number of fused-ring (bicyclic) bond motifs is 1. The van der Waals surface area contributed by atoms with Crippen LogP contribution in [0.15, 0.2) is 66.7 Å². The minimum absolute atomic E-state index is 0.433. The van der Waals surface area contributed by atoms with Gasteiger partial charge < -0.3 is 5.11 Å². The first kappa shape index (κ1) is 18.6. The highest BCUT2D eigenvalue weighted by molar-refractivity contribution is 5.83. The molecular weight excluding hydrogens is 318 g/mol. The van der Waals surface area contributed by atoms with Crippen LogP contribution in [0, 0.1) is 6.92 Å². The summed E-state index contributed by atoms with van der Waals surface area (Å²) >= 11 is 0. The summed E-state index contributed by atoms with van der Waals surface area (Å²) in [6.07, 6.45) is 0.306. The second-order valence-corrected chi connectivity index (χ2v) is 7.40. The van der Waals surface area contributed by atoms with Crippen LogP contribution in [0.2, 0.25) is 0 Å². The van der Waals surface area contributed by atoms with Crippen molar-refractivity contribution in [2.45, 2.75) is 45.9 Å². The van der Waals surface area contributed by atoms with Crippen LogP contribution in [-0.4, -0.2) is 22.6 Å². The zero-order chi connectivity index (χ0) is 18.5. The lowest BCUT2D eigenvalue weighted by atomic mass is 10.0. The molecule has 136 valence electrons. The maximum Gasteiger partial charge on any atom is 0.0802 e. The van der Waals surface area contributed by atoms with Gasteiger partial charge in [-0.2, -0.15) is 0 Å². The first-order valence-corrected chi connectivity index (χ1v) is 9.50. The monoisotopic (exact) mass is 347 g/mol. The lowest BCUT2D eigenvalue weighted by molar-refractivity contribution is 0.127. The summed E-state index contributed by atoms with van der Waals surface area (Å²) in [5.74, 6) is 0. The highest BCUT2D eigenvalue weighted by Gasteiger charge is 2.15. The molecule has 0 aliphatic carbocycles. The molecule has 0 aliphatic rings. The van der Waals surface area contributed by atoms with Crippen molar-refractivity contribution in [3.63, 3.8) is 0 Å². The molecule has 1 atom stereocenters. The maximum atomic E-state index is 10.7. The highest BCUT2D eigenvalue weighted by Crippen LogP contribution is 2.23. The Morgan fingerprint density at radius 2 is 1.58 bits per heavy atom. The van der Waals surface area contributed by atoms with Crippen LogP contribution in [0.3, 0.4) is 0 Å². The molecule has 0 radical (unpaired) electrons. The lowest BCUT2D eigenvalue weighted by Gasteiger charge is -2.28.